The molecule has 0 radical (unpaired) electrons. The lowest BCUT2D eigenvalue weighted by Crippen LogP contribution is -2.43. The van der Waals surface area contributed by atoms with E-state index in [-0.39, 0.29) is 18.5 Å². The molecular weight excluding hydrogens is 168 g/mol. The van der Waals surface area contributed by atoms with E-state index >= 15 is 0 Å². The minimum absolute atomic E-state index is 0.0621. The largest absolute Gasteiger partial charge is 0.334 e. The second-order valence-electron chi connectivity index (χ2n) is 3.46. The number of nitrogens with zero attached hydrogens (tertiary/aromatic N) is 2. The Bertz CT molecular complexity index is 206. The third-order valence-electron chi connectivity index (χ3n) is 2.56. The lowest BCUT2D eigenvalue weighted by Gasteiger charge is -2.23. The zero-order valence-corrected chi connectivity index (χ0v) is 8.19. The Balaban J connectivity index is 2.66. The van der Waals surface area contributed by atoms with Crippen LogP contribution in [0.2, 0.25) is 0 Å². The third kappa shape index (κ3) is 2.28. The van der Waals surface area contributed by atoms with Gasteiger partial charge in [0.05, 0.1) is 12.6 Å². The molecular formula is C9H16N2O2. The van der Waals surface area contributed by atoms with Crippen LogP contribution in [0.3, 0.4) is 0 Å². The van der Waals surface area contributed by atoms with Gasteiger partial charge in [0.25, 0.3) is 0 Å². The van der Waals surface area contributed by atoms with Crippen LogP contribution in [0.1, 0.15) is 13.3 Å². The van der Waals surface area contributed by atoms with Gasteiger partial charge in [-0.05, 0) is 20.4 Å². The van der Waals surface area contributed by atoms with Crippen molar-refractivity contribution in [2.75, 3.05) is 26.7 Å². The van der Waals surface area contributed by atoms with Gasteiger partial charge in [0.1, 0.15) is 6.29 Å². The summed E-state index contributed by atoms with van der Waals surface area (Å²) in [5.41, 5.74) is 0. The van der Waals surface area contributed by atoms with Gasteiger partial charge in [-0.15, -0.1) is 0 Å². The van der Waals surface area contributed by atoms with E-state index in [9.17, 15) is 9.59 Å². The molecule has 1 atom stereocenters. The predicted octanol–water partition coefficient (Wildman–Crippen LogP) is -0.262. The zero-order valence-electron chi connectivity index (χ0n) is 8.19. The van der Waals surface area contributed by atoms with Crippen LogP contribution in [0.5, 0.6) is 0 Å². The molecule has 0 aromatic carbocycles. The number of carbonyl (C=O) groups is 2. The topological polar surface area (TPSA) is 40.6 Å². The first-order chi connectivity index (χ1) is 6.16. The van der Waals surface area contributed by atoms with Crippen LogP contribution in [0.15, 0.2) is 0 Å². The summed E-state index contributed by atoms with van der Waals surface area (Å²) in [6.45, 7) is 3.73. The van der Waals surface area contributed by atoms with Crippen molar-refractivity contribution in [1.29, 1.82) is 0 Å². The van der Waals surface area contributed by atoms with Gasteiger partial charge in [-0.1, -0.05) is 0 Å². The summed E-state index contributed by atoms with van der Waals surface area (Å²) < 4.78 is 0. The average molecular weight is 184 g/mol. The molecule has 1 amide bonds. The summed E-state index contributed by atoms with van der Waals surface area (Å²) in [7, 11) is 1.94. The predicted molar refractivity (Wildman–Crippen MR) is 49.4 cm³/mol. The van der Waals surface area contributed by atoms with Gasteiger partial charge >= 0.3 is 0 Å². The van der Waals surface area contributed by atoms with Crippen LogP contribution in [0, 0.1) is 0 Å². The normalized spacial score (nSPS) is 25.8. The highest BCUT2D eigenvalue weighted by Crippen LogP contribution is 2.08. The molecule has 0 aliphatic carbocycles. The van der Waals surface area contributed by atoms with Crippen molar-refractivity contribution in [3.05, 3.63) is 0 Å². The van der Waals surface area contributed by atoms with Crippen LogP contribution in [0.4, 0.5) is 0 Å². The Morgan fingerprint density at radius 1 is 1.54 bits per heavy atom. The molecule has 1 unspecified atom stereocenters. The van der Waals surface area contributed by atoms with E-state index in [0.29, 0.717) is 6.54 Å². The van der Waals surface area contributed by atoms with Crippen molar-refractivity contribution in [3.8, 4) is 0 Å². The van der Waals surface area contributed by atoms with Crippen LogP contribution in [-0.2, 0) is 9.59 Å². The molecule has 0 saturated carbocycles. The fraction of sp³-hybridized carbons (Fsp3) is 0.778. The Hall–Kier alpha value is -0.900. The lowest BCUT2D eigenvalue weighted by molar-refractivity contribution is -0.135. The van der Waals surface area contributed by atoms with E-state index in [1.54, 1.807) is 4.90 Å². The summed E-state index contributed by atoms with van der Waals surface area (Å²) in [6, 6.07) is -0.0950. The summed E-state index contributed by atoms with van der Waals surface area (Å²) >= 11 is 0. The summed E-state index contributed by atoms with van der Waals surface area (Å²) in [6.07, 6.45) is 1.73. The zero-order chi connectivity index (χ0) is 9.84. The maximum Gasteiger partial charge on any atom is 0.240 e. The van der Waals surface area contributed by atoms with E-state index in [2.05, 4.69) is 0 Å². The molecule has 1 fully saturated rings. The Morgan fingerprint density at radius 2 is 2.23 bits per heavy atom. The average Bonchev–Trinajstić information content (AvgIpc) is 2.22. The van der Waals surface area contributed by atoms with Gasteiger partial charge in [-0.2, -0.15) is 0 Å². The Labute approximate surface area is 78.5 Å². The Kier molecular flexibility index (Phi) is 3.42. The van der Waals surface area contributed by atoms with Gasteiger partial charge in [-0.3, -0.25) is 9.69 Å². The first-order valence-electron chi connectivity index (χ1n) is 4.59. The molecule has 74 valence electrons. The molecule has 0 N–H and O–H groups in total. The van der Waals surface area contributed by atoms with Gasteiger partial charge in [0.2, 0.25) is 5.91 Å². The molecule has 1 aliphatic heterocycles. The number of rotatable bonds is 2. The van der Waals surface area contributed by atoms with Crippen molar-refractivity contribution in [2.45, 2.75) is 19.4 Å². The van der Waals surface area contributed by atoms with Crippen LogP contribution >= 0.6 is 0 Å². The van der Waals surface area contributed by atoms with Crippen LogP contribution < -0.4 is 0 Å². The summed E-state index contributed by atoms with van der Waals surface area (Å²) in [5.74, 6) is 0.0621. The first-order valence-corrected chi connectivity index (χ1v) is 4.59. The van der Waals surface area contributed by atoms with E-state index in [4.69, 9.17) is 0 Å². The summed E-state index contributed by atoms with van der Waals surface area (Å²) in [4.78, 5) is 25.6. The van der Waals surface area contributed by atoms with E-state index in [0.717, 1.165) is 19.3 Å². The van der Waals surface area contributed by atoms with Crippen molar-refractivity contribution >= 4 is 12.2 Å². The van der Waals surface area contributed by atoms with Gasteiger partial charge < -0.3 is 9.69 Å². The lowest BCUT2D eigenvalue weighted by atomic mass is 10.3. The van der Waals surface area contributed by atoms with E-state index in [1.165, 1.54) is 0 Å². The molecule has 0 aromatic rings. The first kappa shape index (κ1) is 10.2. The number of amides is 1. The van der Waals surface area contributed by atoms with E-state index in [1.807, 2.05) is 18.9 Å². The van der Waals surface area contributed by atoms with Crippen LogP contribution in [-0.4, -0.2) is 54.7 Å². The van der Waals surface area contributed by atoms with Crippen molar-refractivity contribution in [1.82, 2.24) is 9.80 Å². The standard InChI is InChI=1S/C9H16N2O2/c1-8-9(13)11(6-7-12)5-3-4-10(8)2/h7-8H,3-6H2,1-2H3. The molecule has 4 heteroatoms. The molecule has 0 bridgehead atoms. The Morgan fingerprint density at radius 3 is 2.85 bits per heavy atom. The fourth-order valence-electron chi connectivity index (χ4n) is 1.54. The van der Waals surface area contributed by atoms with Crippen molar-refractivity contribution < 1.29 is 9.59 Å². The number of hydrogen-bond donors (Lipinski definition) is 0. The molecule has 0 spiro atoms. The second-order valence-corrected chi connectivity index (χ2v) is 3.46. The highest BCUT2D eigenvalue weighted by molar-refractivity contribution is 5.83. The maximum atomic E-state index is 11.7. The maximum absolute atomic E-state index is 11.7. The number of hydrogen-bond acceptors (Lipinski definition) is 3. The van der Waals surface area contributed by atoms with Gasteiger partial charge in [0, 0.05) is 13.1 Å². The SMILES string of the molecule is CC1C(=O)N(CC=O)CCCN1C. The highest BCUT2D eigenvalue weighted by Gasteiger charge is 2.26. The monoisotopic (exact) mass is 184 g/mol. The molecule has 1 saturated heterocycles. The number of aldehydes is 1. The molecule has 13 heavy (non-hydrogen) atoms. The number of carbonyl (C=O) groups excluding carboxylic acids is 2. The summed E-state index contributed by atoms with van der Waals surface area (Å²) in [5, 5.41) is 0. The van der Waals surface area contributed by atoms with Crippen molar-refractivity contribution in [2.24, 2.45) is 0 Å². The molecule has 0 aromatic heterocycles. The number of likely N-dealkylation sites (N-methyl/N-ethyl adjacent to an activating group) is 1. The smallest absolute Gasteiger partial charge is 0.240 e. The molecule has 1 aliphatic rings. The highest BCUT2D eigenvalue weighted by atomic mass is 16.2. The van der Waals surface area contributed by atoms with Crippen molar-refractivity contribution in [3.63, 3.8) is 0 Å². The van der Waals surface area contributed by atoms with Crippen LogP contribution in [0.25, 0.3) is 0 Å². The minimum atomic E-state index is -0.0950. The van der Waals surface area contributed by atoms with Gasteiger partial charge in [0.15, 0.2) is 0 Å². The molecule has 4 nitrogen and oxygen atoms in total. The fourth-order valence-corrected chi connectivity index (χ4v) is 1.54. The van der Waals surface area contributed by atoms with Gasteiger partial charge in [-0.25, -0.2) is 0 Å². The second kappa shape index (κ2) is 4.37. The minimum Gasteiger partial charge on any atom is -0.334 e. The molecule has 1 heterocycles. The quantitative estimate of drug-likeness (QED) is 0.555. The third-order valence-corrected chi connectivity index (χ3v) is 2.56. The molecule has 1 rings (SSSR count). The van der Waals surface area contributed by atoms with E-state index < -0.39 is 0 Å².